The highest BCUT2D eigenvalue weighted by Gasteiger charge is 2.31. The molecule has 9 heteroatoms. The summed E-state index contributed by atoms with van der Waals surface area (Å²) in [6, 6.07) is 8.51. The highest BCUT2D eigenvalue weighted by atomic mass is 16.5. The first-order valence-corrected chi connectivity index (χ1v) is 13.0. The molecule has 0 radical (unpaired) electrons. The summed E-state index contributed by atoms with van der Waals surface area (Å²) in [7, 11) is 1.91. The smallest absolute Gasteiger partial charge is 0.225 e. The molecule has 0 atom stereocenters. The fourth-order valence-electron chi connectivity index (χ4n) is 5.35. The van der Waals surface area contributed by atoms with Gasteiger partial charge >= 0.3 is 0 Å². The average Bonchev–Trinajstić information content (AvgIpc) is 3.63. The Labute approximate surface area is 216 Å². The van der Waals surface area contributed by atoms with Gasteiger partial charge in [-0.15, -0.1) is 0 Å². The monoisotopic (exact) mass is 497 g/mol. The Bertz CT molecular complexity index is 1360. The number of aryl methyl sites for hydroxylation is 1. The molecule has 1 aliphatic carbocycles. The summed E-state index contributed by atoms with van der Waals surface area (Å²) in [6.07, 6.45) is 15.3. The van der Waals surface area contributed by atoms with Crippen LogP contribution < -0.4 is 0 Å². The molecule has 2 aliphatic rings. The van der Waals surface area contributed by atoms with E-state index in [9.17, 15) is 4.79 Å². The second-order valence-corrected chi connectivity index (χ2v) is 9.93. The van der Waals surface area contributed by atoms with Crippen molar-refractivity contribution in [2.24, 2.45) is 13.0 Å². The van der Waals surface area contributed by atoms with Crippen LogP contribution >= 0.6 is 0 Å². The van der Waals surface area contributed by atoms with Gasteiger partial charge in [-0.3, -0.25) is 14.2 Å². The summed E-state index contributed by atoms with van der Waals surface area (Å²) in [4.78, 5) is 24.1. The molecule has 0 unspecified atom stereocenters. The van der Waals surface area contributed by atoms with Crippen molar-refractivity contribution in [1.29, 1.82) is 0 Å². The summed E-state index contributed by atoms with van der Waals surface area (Å²) in [5.74, 6) is 1.11. The molecule has 37 heavy (non-hydrogen) atoms. The third-order valence-corrected chi connectivity index (χ3v) is 7.49. The Balaban J connectivity index is 1.10. The van der Waals surface area contributed by atoms with Gasteiger partial charge in [0, 0.05) is 73.1 Å². The Morgan fingerprint density at radius 2 is 1.54 bits per heavy atom. The number of hydrogen-bond donors (Lipinski definition) is 0. The summed E-state index contributed by atoms with van der Waals surface area (Å²) < 4.78 is 9.23. The fraction of sp³-hybridized carbons (Fsp3) is 0.393. The predicted octanol–water partition coefficient (Wildman–Crippen LogP) is 4.00. The second kappa shape index (κ2) is 10.3. The zero-order valence-corrected chi connectivity index (χ0v) is 21.0. The molecule has 0 bridgehead atoms. The summed E-state index contributed by atoms with van der Waals surface area (Å²) in [5.41, 5.74) is 5.05. The molecule has 1 saturated carbocycles. The van der Waals surface area contributed by atoms with Crippen molar-refractivity contribution in [2.45, 2.75) is 31.7 Å². The molecule has 2 fully saturated rings. The van der Waals surface area contributed by atoms with Crippen molar-refractivity contribution in [3.8, 4) is 33.6 Å². The minimum Gasteiger partial charge on any atom is -0.378 e. The van der Waals surface area contributed by atoms with Gasteiger partial charge in [-0.05, 0) is 37.3 Å². The topological polar surface area (TPSA) is 91.0 Å². The molecule has 3 aromatic heterocycles. The van der Waals surface area contributed by atoms with Crippen molar-refractivity contribution in [2.75, 3.05) is 26.3 Å². The number of ether oxygens (including phenoxy) is 1. The van der Waals surface area contributed by atoms with E-state index < -0.39 is 0 Å². The van der Waals surface area contributed by atoms with Gasteiger partial charge in [-0.1, -0.05) is 18.2 Å². The van der Waals surface area contributed by atoms with E-state index in [-0.39, 0.29) is 5.92 Å². The van der Waals surface area contributed by atoms with E-state index in [2.05, 4.69) is 43.2 Å². The van der Waals surface area contributed by atoms with Gasteiger partial charge in [0.2, 0.25) is 5.91 Å². The molecule has 1 amide bonds. The van der Waals surface area contributed by atoms with Crippen LogP contribution in [0.25, 0.3) is 33.6 Å². The van der Waals surface area contributed by atoms with Crippen molar-refractivity contribution in [3.63, 3.8) is 0 Å². The zero-order chi connectivity index (χ0) is 25.2. The van der Waals surface area contributed by atoms with Crippen LogP contribution in [0.4, 0.5) is 0 Å². The number of rotatable bonds is 5. The molecule has 4 heterocycles. The van der Waals surface area contributed by atoms with Crippen LogP contribution in [-0.2, 0) is 16.6 Å². The zero-order valence-electron chi connectivity index (χ0n) is 21.0. The number of carbonyl (C=O) groups is 1. The number of nitrogens with zero attached hydrogens (tertiary/aromatic N) is 7. The van der Waals surface area contributed by atoms with E-state index in [4.69, 9.17) is 4.74 Å². The number of benzene rings is 1. The minimum absolute atomic E-state index is 0.127. The molecule has 1 saturated heterocycles. The van der Waals surface area contributed by atoms with Crippen LogP contribution in [0, 0.1) is 5.92 Å². The Morgan fingerprint density at radius 1 is 0.838 bits per heavy atom. The predicted molar refractivity (Wildman–Crippen MR) is 139 cm³/mol. The molecule has 0 spiro atoms. The third kappa shape index (κ3) is 5.04. The van der Waals surface area contributed by atoms with E-state index in [1.165, 1.54) is 0 Å². The fourth-order valence-corrected chi connectivity index (χ4v) is 5.35. The third-order valence-electron chi connectivity index (χ3n) is 7.49. The number of amides is 1. The average molecular weight is 498 g/mol. The lowest BCUT2D eigenvalue weighted by Crippen LogP contribution is -2.44. The Kier molecular flexibility index (Phi) is 6.53. The van der Waals surface area contributed by atoms with Crippen molar-refractivity contribution >= 4 is 5.91 Å². The van der Waals surface area contributed by atoms with Gasteiger partial charge in [0.25, 0.3) is 0 Å². The second-order valence-electron chi connectivity index (χ2n) is 9.93. The first kappa shape index (κ1) is 23.5. The SMILES string of the molecule is Cn1cc(-c2cccc(-c3ncc(-c4cnn(C5CCC(C(=O)N6CCOCC6)CC5)c4)cn3)c2)cn1. The van der Waals surface area contributed by atoms with Crippen molar-refractivity contribution in [1.82, 2.24) is 34.4 Å². The Morgan fingerprint density at radius 3 is 2.27 bits per heavy atom. The van der Waals surface area contributed by atoms with Gasteiger partial charge in [0.15, 0.2) is 5.82 Å². The number of aromatic nitrogens is 6. The van der Waals surface area contributed by atoms with Gasteiger partial charge in [0.1, 0.15) is 0 Å². The number of carbonyl (C=O) groups excluding carboxylic acids is 1. The summed E-state index contributed by atoms with van der Waals surface area (Å²) >= 11 is 0. The summed E-state index contributed by atoms with van der Waals surface area (Å²) in [6.45, 7) is 2.75. The molecule has 1 aromatic carbocycles. The van der Waals surface area contributed by atoms with E-state index in [1.54, 1.807) is 4.68 Å². The quantitative estimate of drug-likeness (QED) is 0.414. The van der Waals surface area contributed by atoms with E-state index >= 15 is 0 Å². The highest BCUT2D eigenvalue weighted by molar-refractivity contribution is 5.79. The van der Waals surface area contributed by atoms with Crippen LogP contribution in [0.1, 0.15) is 31.7 Å². The van der Waals surface area contributed by atoms with Crippen LogP contribution in [0.2, 0.25) is 0 Å². The molecular formula is C28H31N7O2. The number of morpholine rings is 1. The van der Waals surface area contributed by atoms with Gasteiger partial charge in [-0.2, -0.15) is 10.2 Å². The van der Waals surface area contributed by atoms with Crippen LogP contribution in [0.3, 0.4) is 0 Å². The molecule has 1 aliphatic heterocycles. The van der Waals surface area contributed by atoms with Crippen LogP contribution in [0.5, 0.6) is 0 Å². The molecular weight excluding hydrogens is 466 g/mol. The van der Waals surface area contributed by atoms with Crippen LogP contribution in [0.15, 0.2) is 61.4 Å². The maximum Gasteiger partial charge on any atom is 0.225 e. The maximum absolute atomic E-state index is 12.8. The molecule has 4 aromatic rings. The van der Waals surface area contributed by atoms with Gasteiger partial charge in [0.05, 0.1) is 31.6 Å². The van der Waals surface area contributed by atoms with Crippen LogP contribution in [-0.4, -0.2) is 66.6 Å². The van der Waals surface area contributed by atoms with E-state index in [1.807, 2.05) is 55.1 Å². The first-order valence-electron chi connectivity index (χ1n) is 13.0. The normalized spacial score (nSPS) is 20.2. The maximum atomic E-state index is 12.8. The largest absolute Gasteiger partial charge is 0.378 e. The standard InChI is InChI=1S/C28H31N7O2/c1-33-18-24(16-31-33)21-3-2-4-22(13-21)27-29-14-23(15-30-27)25-17-32-35(19-25)26-7-5-20(6-8-26)28(36)34-9-11-37-12-10-34/h2-4,13-20,26H,5-12H2,1H3. The lowest BCUT2D eigenvalue weighted by Gasteiger charge is -2.34. The lowest BCUT2D eigenvalue weighted by molar-refractivity contribution is -0.140. The van der Waals surface area contributed by atoms with Crippen molar-refractivity contribution < 1.29 is 9.53 Å². The highest BCUT2D eigenvalue weighted by Crippen LogP contribution is 2.34. The van der Waals surface area contributed by atoms with E-state index in [0.29, 0.717) is 31.0 Å². The van der Waals surface area contributed by atoms with Gasteiger partial charge in [-0.25, -0.2) is 9.97 Å². The summed E-state index contributed by atoms with van der Waals surface area (Å²) in [5, 5.41) is 8.91. The first-order chi connectivity index (χ1) is 18.1. The molecule has 6 rings (SSSR count). The number of hydrogen-bond acceptors (Lipinski definition) is 6. The van der Waals surface area contributed by atoms with Gasteiger partial charge < -0.3 is 9.64 Å². The van der Waals surface area contributed by atoms with Crippen molar-refractivity contribution in [3.05, 3.63) is 61.4 Å². The minimum atomic E-state index is 0.127. The Hall–Kier alpha value is -3.85. The van der Waals surface area contributed by atoms with E-state index in [0.717, 1.165) is 66.6 Å². The molecule has 0 N–H and O–H groups in total. The molecule has 190 valence electrons. The molecule has 9 nitrogen and oxygen atoms in total. The lowest BCUT2D eigenvalue weighted by atomic mass is 9.85.